The number of H-pyrrole nitrogens is 1. The van der Waals surface area contributed by atoms with Gasteiger partial charge in [0.15, 0.2) is 0 Å². The van der Waals surface area contributed by atoms with Crippen molar-refractivity contribution in [1.29, 1.82) is 0 Å². The van der Waals surface area contributed by atoms with Gasteiger partial charge in [-0.15, -0.1) is 0 Å². The van der Waals surface area contributed by atoms with Gasteiger partial charge in [0, 0.05) is 37.1 Å². The van der Waals surface area contributed by atoms with E-state index in [2.05, 4.69) is 23.5 Å². The number of nitrogens with one attached hydrogen (secondary N) is 1. The molecule has 1 amide bonds. The van der Waals surface area contributed by atoms with Gasteiger partial charge in [-0.3, -0.25) is 9.79 Å². The van der Waals surface area contributed by atoms with Gasteiger partial charge in [-0.2, -0.15) is 4.39 Å². The summed E-state index contributed by atoms with van der Waals surface area (Å²) >= 11 is 0. The average molecular weight is 368 g/mol. The van der Waals surface area contributed by atoms with E-state index >= 15 is 0 Å². The van der Waals surface area contributed by atoms with Crippen molar-refractivity contribution in [2.24, 2.45) is 10.9 Å². The maximum atomic E-state index is 13.0. The molecule has 3 heterocycles. The van der Waals surface area contributed by atoms with Gasteiger partial charge in [-0.05, 0) is 49.9 Å². The van der Waals surface area contributed by atoms with Crippen LogP contribution in [0.1, 0.15) is 47.8 Å². The molecule has 2 aromatic rings. The molecular formula is C21H25FN4O. The molecule has 3 rings (SSSR count). The Morgan fingerprint density at radius 1 is 1.48 bits per heavy atom. The smallest absolute Gasteiger partial charge is 0.255 e. The molecule has 1 atom stereocenters. The zero-order chi connectivity index (χ0) is 19.4. The normalized spacial score (nSPS) is 17.8. The van der Waals surface area contributed by atoms with Crippen LogP contribution in [-0.4, -0.2) is 39.6 Å². The lowest BCUT2D eigenvalue weighted by molar-refractivity contribution is 0.0702. The molecule has 1 saturated heterocycles. The standard InChI is InChI=1S/C21H25FN4O/c1-4-18(25-15(3)19-10-14(2)11-23-19)17-6-5-9-26(13-17)21(27)16-7-8-20(22)24-12-16/h7-8,10-12,17,23H,3-6,9,13H2,1-2H3/t17-/m0/s1. The summed E-state index contributed by atoms with van der Waals surface area (Å²) in [5.74, 6) is -0.489. The molecule has 0 spiro atoms. The van der Waals surface area contributed by atoms with Crippen LogP contribution in [0, 0.1) is 18.8 Å². The van der Waals surface area contributed by atoms with Crippen molar-refractivity contribution in [3.8, 4) is 0 Å². The van der Waals surface area contributed by atoms with Crippen LogP contribution >= 0.6 is 0 Å². The SMILES string of the molecule is C=C(N=C(CC)[C@H]1CCCN(C(=O)c2ccc(F)nc2)C1)c1cc(C)c[nH]1. The van der Waals surface area contributed by atoms with Crippen LogP contribution in [0.2, 0.25) is 0 Å². The van der Waals surface area contributed by atoms with Gasteiger partial charge in [-0.25, -0.2) is 4.98 Å². The summed E-state index contributed by atoms with van der Waals surface area (Å²) in [6, 6.07) is 4.73. The van der Waals surface area contributed by atoms with Crippen LogP contribution in [0.5, 0.6) is 0 Å². The molecule has 0 unspecified atom stereocenters. The summed E-state index contributed by atoms with van der Waals surface area (Å²) in [5, 5.41) is 0. The fourth-order valence-electron chi connectivity index (χ4n) is 3.48. The lowest BCUT2D eigenvalue weighted by atomic mass is 9.91. The number of rotatable bonds is 5. The van der Waals surface area contributed by atoms with Crippen molar-refractivity contribution in [3.63, 3.8) is 0 Å². The molecule has 1 fully saturated rings. The number of carbonyl (C=O) groups excluding carboxylic acids is 1. The fraction of sp³-hybridized carbons (Fsp3) is 0.381. The molecule has 1 aliphatic rings. The number of aromatic nitrogens is 2. The number of aliphatic imine (C=N–C) groups is 1. The van der Waals surface area contributed by atoms with Crippen molar-refractivity contribution < 1.29 is 9.18 Å². The summed E-state index contributed by atoms with van der Waals surface area (Å²) < 4.78 is 13.0. The van der Waals surface area contributed by atoms with Crippen molar-refractivity contribution in [2.45, 2.75) is 33.1 Å². The summed E-state index contributed by atoms with van der Waals surface area (Å²) in [5.41, 5.74) is 4.24. The highest BCUT2D eigenvalue weighted by Gasteiger charge is 2.27. The van der Waals surface area contributed by atoms with E-state index in [1.807, 2.05) is 24.1 Å². The van der Waals surface area contributed by atoms with Gasteiger partial charge >= 0.3 is 0 Å². The number of pyridine rings is 1. The van der Waals surface area contributed by atoms with Crippen LogP contribution in [0.15, 0.2) is 42.2 Å². The van der Waals surface area contributed by atoms with E-state index in [1.54, 1.807) is 0 Å². The van der Waals surface area contributed by atoms with Gasteiger partial charge in [0.1, 0.15) is 0 Å². The van der Waals surface area contributed by atoms with Crippen molar-refractivity contribution in [1.82, 2.24) is 14.9 Å². The van der Waals surface area contributed by atoms with E-state index in [9.17, 15) is 9.18 Å². The van der Waals surface area contributed by atoms with Crippen LogP contribution < -0.4 is 0 Å². The van der Waals surface area contributed by atoms with E-state index in [-0.39, 0.29) is 11.8 Å². The number of aromatic amines is 1. The minimum absolute atomic E-state index is 0.110. The Morgan fingerprint density at radius 3 is 2.93 bits per heavy atom. The third-order valence-electron chi connectivity index (χ3n) is 4.93. The van der Waals surface area contributed by atoms with Gasteiger partial charge in [0.2, 0.25) is 5.95 Å². The molecule has 27 heavy (non-hydrogen) atoms. The number of hydrogen-bond acceptors (Lipinski definition) is 3. The molecule has 0 saturated carbocycles. The Morgan fingerprint density at radius 2 is 2.30 bits per heavy atom. The molecule has 0 aromatic carbocycles. The first-order valence-electron chi connectivity index (χ1n) is 9.30. The molecule has 2 aromatic heterocycles. The Hall–Kier alpha value is -2.76. The molecule has 1 N–H and O–H groups in total. The Labute approximate surface area is 159 Å². The van der Waals surface area contributed by atoms with E-state index in [4.69, 9.17) is 4.99 Å². The summed E-state index contributed by atoms with van der Waals surface area (Å²) in [6.45, 7) is 9.49. The van der Waals surface area contributed by atoms with E-state index < -0.39 is 5.95 Å². The Bertz CT molecular complexity index is 853. The van der Waals surface area contributed by atoms with Crippen molar-refractivity contribution >= 4 is 17.3 Å². The molecule has 0 radical (unpaired) electrons. The van der Waals surface area contributed by atoms with Gasteiger partial charge in [-0.1, -0.05) is 13.5 Å². The van der Waals surface area contributed by atoms with Crippen molar-refractivity contribution in [3.05, 3.63) is 59.9 Å². The number of aryl methyl sites for hydroxylation is 1. The number of likely N-dealkylation sites (tertiary alicyclic amines) is 1. The van der Waals surface area contributed by atoms with Crippen molar-refractivity contribution in [2.75, 3.05) is 13.1 Å². The van der Waals surface area contributed by atoms with E-state index in [0.29, 0.717) is 24.4 Å². The fourth-order valence-corrected chi connectivity index (χ4v) is 3.48. The second kappa shape index (κ2) is 8.29. The molecule has 6 heteroatoms. The molecule has 1 aliphatic heterocycles. The topological polar surface area (TPSA) is 61.4 Å². The predicted octanol–water partition coefficient (Wildman–Crippen LogP) is 4.23. The maximum absolute atomic E-state index is 13.0. The first kappa shape index (κ1) is 19.0. The van der Waals surface area contributed by atoms with Crippen LogP contribution in [0.25, 0.3) is 5.70 Å². The number of nitrogens with zero attached hydrogens (tertiary/aromatic N) is 3. The molecule has 0 aliphatic carbocycles. The minimum Gasteiger partial charge on any atom is -0.360 e. The lowest BCUT2D eigenvalue weighted by Crippen LogP contribution is -2.42. The quantitative estimate of drug-likeness (QED) is 0.634. The number of amides is 1. The molecule has 142 valence electrons. The third-order valence-corrected chi connectivity index (χ3v) is 4.93. The van der Waals surface area contributed by atoms with E-state index in [1.165, 1.54) is 18.3 Å². The molecule has 0 bridgehead atoms. The average Bonchev–Trinajstić information content (AvgIpc) is 3.12. The zero-order valence-corrected chi connectivity index (χ0v) is 15.8. The minimum atomic E-state index is -0.582. The van der Waals surface area contributed by atoms with E-state index in [0.717, 1.165) is 36.2 Å². The van der Waals surface area contributed by atoms with Gasteiger partial charge < -0.3 is 9.88 Å². The van der Waals surface area contributed by atoms with Crippen LogP contribution in [-0.2, 0) is 0 Å². The van der Waals surface area contributed by atoms with Crippen LogP contribution in [0.3, 0.4) is 0 Å². The number of halogens is 1. The second-order valence-electron chi connectivity index (χ2n) is 6.95. The predicted molar refractivity (Wildman–Crippen MR) is 105 cm³/mol. The third kappa shape index (κ3) is 4.51. The Balaban J connectivity index is 1.73. The van der Waals surface area contributed by atoms with Gasteiger partial charge in [0.25, 0.3) is 5.91 Å². The number of hydrogen-bond donors (Lipinski definition) is 1. The highest BCUT2D eigenvalue weighted by Crippen LogP contribution is 2.24. The van der Waals surface area contributed by atoms with Gasteiger partial charge in [0.05, 0.1) is 17.0 Å². The maximum Gasteiger partial charge on any atom is 0.255 e. The summed E-state index contributed by atoms with van der Waals surface area (Å²) in [4.78, 5) is 26.1. The summed E-state index contributed by atoms with van der Waals surface area (Å²) in [7, 11) is 0. The highest BCUT2D eigenvalue weighted by molar-refractivity contribution is 5.95. The second-order valence-corrected chi connectivity index (χ2v) is 6.95. The molecular weight excluding hydrogens is 343 g/mol. The Kier molecular flexibility index (Phi) is 5.84. The zero-order valence-electron chi connectivity index (χ0n) is 15.8. The number of piperidine rings is 1. The lowest BCUT2D eigenvalue weighted by Gasteiger charge is -2.33. The summed E-state index contributed by atoms with van der Waals surface area (Å²) in [6.07, 6.45) is 5.95. The van der Waals surface area contributed by atoms with Crippen LogP contribution in [0.4, 0.5) is 4.39 Å². The largest absolute Gasteiger partial charge is 0.360 e. The molecule has 5 nitrogen and oxygen atoms in total. The number of carbonyl (C=O) groups is 1. The first-order chi connectivity index (χ1) is 13.0. The first-order valence-corrected chi connectivity index (χ1v) is 9.30. The highest BCUT2D eigenvalue weighted by atomic mass is 19.1. The monoisotopic (exact) mass is 368 g/mol.